The first-order chi connectivity index (χ1) is 9.35. The van der Waals surface area contributed by atoms with Gasteiger partial charge in [0.1, 0.15) is 5.75 Å². The van der Waals surface area contributed by atoms with Crippen LogP contribution in [0.2, 0.25) is 0 Å². The molecule has 0 saturated carbocycles. The van der Waals surface area contributed by atoms with Gasteiger partial charge in [-0.15, -0.1) is 11.3 Å². The Morgan fingerprint density at radius 2 is 2.05 bits per heavy atom. The average molecular weight is 276 g/mol. The third-order valence-corrected chi connectivity index (χ3v) is 3.67. The van der Waals surface area contributed by atoms with Crippen LogP contribution in [-0.4, -0.2) is 18.1 Å². The van der Waals surface area contributed by atoms with Gasteiger partial charge in [0.05, 0.1) is 18.2 Å². The fourth-order valence-corrected chi connectivity index (χ4v) is 2.65. The Hall–Kier alpha value is -1.39. The average Bonchev–Trinajstić information content (AvgIpc) is 2.97. The molecule has 0 saturated heterocycles. The molecule has 3 nitrogen and oxygen atoms in total. The van der Waals surface area contributed by atoms with E-state index in [1.165, 1.54) is 10.4 Å². The largest absolute Gasteiger partial charge is 0.494 e. The molecule has 0 aliphatic carbocycles. The molecule has 0 bridgehead atoms. The molecule has 1 N–H and O–H groups in total. The van der Waals surface area contributed by atoms with Gasteiger partial charge in [0.15, 0.2) is 0 Å². The van der Waals surface area contributed by atoms with Crippen LogP contribution in [0.1, 0.15) is 36.8 Å². The molecule has 2 aromatic rings. The van der Waals surface area contributed by atoms with Crippen molar-refractivity contribution >= 4 is 11.3 Å². The van der Waals surface area contributed by atoms with Crippen LogP contribution in [0.3, 0.4) is 0 Å². The van der Waals surface area contributed by atoms with E-state index in [0.29, 0.717) is 0 Å². The first-order valence-electron chi connectivity index (χ1n) is 6.69. The fourth-order valence-electron chi connectivity index (χ4n) is 1.93. The second kappa shape index (κ2) is 7.26. The molecule has 0 fully saturated rings. The minimum absolute atomic E-state index is 0.220. The number of thiazole rings is 1. The predicted octanol–water partition coefficient (Wildman–Crippen LogP) is 3.63. The first kappa shape index (κ1) is 14.0. The zero-order chi connectivity index (χ0) is 13.5. The molecule has 102 valence electrons. The molecule has 1 unspecified atom stereocenters. The van der Waals surface area contributed by atoms with Gasteiger partial charge >= 0.3 is 0 Å². The summed E-state index contributed by atoms with van der Waals surface area (Å²) < 4.78 is 5.61. The molecule has 1 aromatic carbocycles. The molecule has 0 aliphatic rings. The molecular weight excluding hydrogens is 256 g/mol. The van der Waals surface area contributed by atoms with Crippen molar-refractivity contribution in [3.8, 4) is 5.75 Å². The number of hydrogen-bond donors (Lipinski definition) is 1. The Labute approximate surface area is 118 Å². The van der Waals surface area contributed by atoms with Gasteiger partial charge in [-0.25, -0.2) is 0 Å². The number of benzene rings is 1. The second-order valence-corrected chi connectivity index (χ2v) is 5.23. The van der Waals surface area contributed by atoms with Crippen molar-refractivity contribution in [2.45, 2.75) is 26.3 Å². The number of ether oxygens (including phenoxy) is 1. The van der Waals surface area contributed by atoms with E-state index in [2.05, 4.69) is 36.3 Å². The van der Waals surface area contributed by atoms with Gasteiger partial charge in [-0.05, 0) is 30.7 Å². The van der Waals surface area contributed by atoms with Gasteiger partial charge in [0.25, 0.3) is 0 Å². The molecule has 0 radical (unpaired) electrons. The van der Waals surface area contributed by atoms with E-state index in [-0.39, 0.29) is 6.04 Å². The summed E-state index contributed by atoms with van der Waals surface area (Å²) in [6, 6.07) is 8.54. The summed E-state index contributed by atoms with van der Waals surface area (Å²) >= 11 is 1.68. The van der Waals surface area contributed by atoms with Crippen LogP contribution in [0.5, 0.6) is 5.75 Å². The van der Waals surface area contributed by atoms with Crippen LogP contribution in [0.4, 0.5) is 0 Å². The third-order valence-electron chi connectivity index (χ3n) is 2.83. The van der Waals surface area contributed by atoms with Crippen molar-refractivity contribution in [3.63, 3.8) is 0 Å². The van der Waals surface area contributed by atoms with E-state index in [4.69, 9.17) is 4.74 Å². The van der Waals surface area contributed by atoms with Crippen molar-refractivity contribution in [3.05, 3.63) is 46.4 Å². The number of nitrogens with zero attached hydrogens (tertiary/aromatic N) is 1. The highest BCUT2D eigenvalue weighted by molar-refractivity contribution is 7.09. The van der Waals surface area contributed by atoms with Crippen molar-refractivity contribution in [1.29, 1.82) is 0 Å². The summed E-state index contributed by atoms with van der Waals surface area (Å²) in [4.78, 5) is 5.40. The second-order valence-electron chi connectivity index (χ2n) is 4.31. The van der Waals surface area contributed by atoms with Crippen molar-refractivity contribution < 1.29 is 4.74 Å². The lowest BCUT2D eigenvalue weighted by Gasteiger charge is -2.17. The number of hydrogen-bond acceptors (Lipinski definition) is 4. The van der Waals surface area contributed by atoms with E-state index in [1.807, 2.05) is 23.8 Å². The number of rotatable bonds is 7. The van der Waals surface area contributed by atoms with Crippen LogP contribution in [0.25, 0.3) is 0 Å². The normalized spacial score (nSPS) is 12.3. The fraction of sp³-hybridized carbons (Fsp3) is 0.400. The summed E-state index contributed by atoms with van der Waals surface area (Å²) in [5.74, 6) is 0.935. The number of nitrogens with one attached hydrogen (secondary N) is 1. The van der Waals surface area contributed by atoms with Crippen LogP contribution in [0, 0.1) is 0 Å². The van der Waals surface area contributed by atoms with E-state index in [1.54, 1.807) is 11.3 Å². The quantitative estimate of drug-likeness (QED) is 0.838. The van der Waals surface area contributed by atoms with Gasteiger partial charge in [-0.3, -0.25) is 4.98 Å². The van der Waals surface area contributed by atoms with Crippen LogP contribution in [0.15, 0.2) is 36.0 Å². The van der Waals surface area contributed by atoms with Crippen molar-refractivity contribution in [1.82, 2.24) is 10.3 Å². The van der Waals surface area contributed by atoms with Crippen molar-refractivity contribution in [2.75, 3.05) is 13.2 Å². The summed E-state index contributed by atoms with van der Waals surface area (Å²) in [6.45, 7) is 5.92. The molecule has 0 spiro atoms. The summed E-state index contributed by atoms with van der Waals surface area (Å²) in [6.07, 6.45) is 2.96. The molecule has 1 atom stereocenters. The van der Waals surface area contributed by atoms with Gasteiger partial charge in [0, 0.05) is 11.1 Å². The maximum atomic E-state index is 5.61. The van der Waals surface area contributed by atoms with Crippen LogP contribution < -0.4 is 10.1 Å². The predicted molar refractivity (Wildman–Crippen MR) is 79.9 cm³/mol. The lowest BCUT2D eigenvalue weighted by atomic mass is 10.1. The zero-order valence-electron chi connectivity index (χ0n) is 11.4. The lowest BCUT2D eigenvalue weighted by molar-refractivity contribution is 0.317. The zero-order valence-corrected chi connectivity index (χ0v) is 12.2. The molecular formula is C15H20N2OS. The maximum Gasteiger partial charge on any atom is 0.119 e. The van der Waals surface area contributed by atoms with E-state index in [0.717, 1.165) is 25.3 Å². The Balaban J connectivity index is 2.13. The molecule has 19 heavy (non-hydrogen) atoms. The summed E-state index contributed by atoms with van der Waals surface area (Å²) in [7, 11) is 0. The Morgan fingerprint density at radius 1 is 1.26 bits per heavy atom. The minimum Gasteiger partial charge on any atom is -0.494 e. The molecule has 1 aromatic heterocycles. The molecule has 1 heterocycles. The Morgan fingerprint density at radius 3 is 2.63 bits per heavy atom. The first-order valence-corrected chi connectivity index (χ1v) is 7.57. The van der Waals surface area contributed by atoms with Gasteiger partial charge in [0.2, 0.25) is 0 Å². The summed E-state index contributed by atoms with van der Waals surface area (Å²) in [5, 5.41) is 3.49. The molecule has 0 amide bonds. The minimum atomic E-state index is 0.220. The summed E-state index contributed by atoms with van der Waals surface area (Å²) in [5.41, 5.74) is 3.12. The Kier molecular flexibility index (Phi) is 5.36. The smallest absolute Gasteiger partial charge is 0.119 e. The third kappa shape index (κ3) is 3.78. The van der Waals surface area contributed by atoms with Crippen LogP contribution in [-0.2, 0) is 0 Å². The highest BCUT2D eigenvalue weighted by Crippen LogP contribution is 2.26. The van der Waals surface area contributed by atoms with Gasteiger partial charge in [-0.2, -0.15) is 0 Å². The number of aromatic nitrogens is 1. The topological polar surface area (TPSA) is 34.1 Å². The maximum absolute atomic E-state index is 5.61. The highest BCUT2D eigenvalue weighted by atomic mass is 32.1. The SMILES string of the molecule is CCCOc1ccc(C(NCC)c2cncs2)cc1. The van der Waals surface area contributed by atoms with E-state index >= 15 is 0 Å². The highest BCUT2D eigenvalue weighted by Gasteiger charge is 2.14. The van der Waals surface area contributed by atoms with E-state index in [9.17, 15) is 0 Å². The van der Waals surface area contributed by atoms with Gasteiger partial charge < -0.3 is 10.1 Å². The molecule has 4 heteroatoms. The standard InChI is InChI=1S/C15H20N2OS/c1-3-9-18-13-7-5-12(6-8-13)15(17-4-2)14-10-16-11-19-14/h5-8,10-11,15,17H,3-4,9H2,1-2H3. The molecule has 2 rings (SSSR count). The monoisotopic (exact) mass is 276 g/mol. The van der Waals surface area contributed by atoms with Crippen molar-refractivity contribution in [2.24, 2.45) is 0 Å². The van der Waals surface area contributed by atoms with Crippen LogP contribution >= 0.6 is 11.3 Å². The van der Waals surface area contributed by atoms with E-state index < -0.39 is 0 Å². The Bertz CT molecular complexity index is 467. The van der Waals surface area contributed by atoms with Gasteiger partial charge in [-0.1, -0.05) is 26.0 Å². The molecule has 0 aliphatic heterocycles. The lowest BCUT2D eigenvalue weighted by Crippen LogP contribution is -2.21.